The number of rotatable bonds is 6. The van der Waals surface area contributed by atoms with Crippen LogP contribution in [0.25, 0.3) is 11.1 Å². The Kier molecular flexibility index (Phi) is 4.17. The first kappa shape index (κ1) is 12.9. The summed E-state index contributed by atoms with van der Waals surface area (Å²) in [5.41, 5.74) is 7.90. The largest absolute Gasteiger partial charge is 0.439 e. The summed E-state index contributed by atoms with van der Waals surface area (Å²) >= 11 is 0. The number of aliphatic hydroxyl groups is 1. The minimum absolute atomic E-state index is 0.146. The van der Waals surface area contributed by atoms with Crippen LogP contribution in [0.4, 0.5) is 5.69 Å². The molecule has 5 heteroatoms. The number of fused-ring (bicyclic) bond motifs is 1. The quantitative estimate of drug-likeness (QED) is 0.761. The molecule has 18 heavy (non-hydrogen) atoms. The first-order valence-corrected chi connectivity index (χ1v) is 6.21. The van der Waals surface area contributed by atoms with Gasteiger partial charge in [-0.15, -0.1) is 0 Å². The smallest absolute Gasteiger partial charge is 0.209 e. The van der Waals surface area contributed by atoms with E-state index < -0.39 is 0 Å². The van der Waals surface area contributed by atoms with Crippen LogP contribution in [-0.2, 0) is 6.54 Å². The van der Waals surface area contributed by atoms with Crippen molar-refractivity contribution in [3.05, 3.63) is 24.1 Å². The van der Waals surface area contributed by atoms with Crippen LogP contribution in [0.3, 0.4) is 0 Å². The number of oxazole rings is 1. The van der Waals surface area contributed by atoms with E-state index in [-0.39, 0.29) is 6.61 Å². The molecule has 0 atom stereocenters. The first-order valence-electron chi connectivity index (χ1n) is 6.21. The average Bonchev–Trinajstić information content (AvgIpc) is 2.71. The van der Waals surface area contributed by atoms with Crippen LogP contribution in [-0.4, -0.2) is 34.7 Å². The second-order valence-electron chi connectivity index (χ2n) is 4.33. The average molecular weight is 249 g/mol. The predicted octanol–water partition coefficient (Wildman–Crippen LogP) is 1.61. The van der Waals surface area contributed by atoms with Crippen LogP contribution in [0, 0.1) is 0 Å². The van der Waals surface area contributed by atoms with Gasteiger partial charge in [-0.2, -0.15) is 0 Å². The van der Waals surface area contributed by atoms with E-state index in [0.717, 1.165) is 18.5 Å². The minimum atomic E-state index is 0.146. The topological polar surface area (TPSA) is 75.5 Å². The van der Waals surface area contributed by atoms with Crippen LogP contribution in [0.15, 0.2) is 22.6 Å². The SMILES string of the molecule is CCCN(CCO)Cc1nc2ccc(N)cc2o1. The van der Waals surface area contributed by atoms with Gasteiger partial charge in [0.05, 0.1) is 13.2 Å². The zero-order chi connectivity index (χ0) is 13.0. The highest BCUT2D eigenvalue weighted by atomic mass is 16.3. The third-order valence-corrected chi connectivity index (χ3v) is 2.77. The number of anilines is 1. The fourth-order valence-electron chi connectivity index (χ4n) is 1.98. The highest BCUT2D eigenvalue weighted by Crippen LogP contribution is 2.19. The van der Waals surface area contributed by atoms with E-state index in [4.69, 9.17) is 15.3 Å². The van der Waals surface area contributed by atoms with Gasteiger partial charge in [-0.1, -0.05) is 6.92 Å². The lowest BCUT2D eigenvalue weighted by Gasteiger charge is -2.17. The number of nitrogens with two attached hydrogens (primary N) is 1. The second kappa shape index (κ2) is 5.84. The van der Waals surface area contributed by atoms with Crippen molar-refractivity contribution in [1.29, 1.82) is 0 Å². The van der Waals surface area contributed by atoms with Gasteiger partial charge in [-0.05, 0) is 25.1 Å². The maximum Gasteiger partial charge on any atom is 0.209 e. The molecule has 0 spiro atoms. The van der Waals surface area contributed by atoms with Gasteiger partial charge in [-0.3, -0.25) is 4.90 Å². The van der Waals surface area contributed by atoms with E-state index >= 15 is 0 Å². The van der Waals surface area contributed by atoms with Crippen LogP contribution in [0.2, 0.25) is 0 Å². The van der Waals surface area contributed by atoms with E-state index in [1.54, 1.807) is 6.07 Å². The number of benzene rings is 1. The van der Waals surface area contributed by atoms with Crippen LogP contribution in [0.1, 0.15) is 19.2 Å². The molecule has 0 amide bonds. The fourth-order valence-corrected chi connectivity index (χ4v) is 1.98. The Balaban J connectivity index is 2.14. The molecule has 0 aliphatic rings. The van der Waals surface area contributed by atoms with E-state index in [9.17, 15) is 0 Å². The Labute approximate surface area is 106 Å². The van der Waals surface area contributed by atoms with E-state index in [1.807, 2.05) is 12.1 Å². The number of hydrogen-bond acceptors (Lipinski definition) is 5. The molecule has 1 aromatic carbocycles. The summed E-state index contributed by atoms with van der Waals surface area (Å²) in [6, 6.07) is 5.45. The summed E-state index contributed by atoms with van der Waals surface area (Å²) in [5.74, 6) is 0.664. The van der Waals surface area contributed by atoms with E-state index in [1.165, 1.54) is 0 Å². The minimum Gasteiger partial charge on any atom is -0.439 e. The van der Waals surface area contributed by atoms with Gasteiger partial charge in [-0.25, -0.2) is 4.98 Å². The molecule has 5 nitrogen and oxygen atoms in total. The molecule has 0 saturated heterocycles. The number of nitrogen functional groups attached to an aromatic ring is 1. The van der Waals surface area contributed by atoms with E-state index in [2.05, 4.69) is 16.8 Å². The molecule has 0 saturated carbocycles. The van der Waals surface area contributed by atoms with E-state index in [0.29, 0.717) is 30.3 Å². The Morgan fingerprint density at radius 1 is 1.39 bits per heavy atom. The van der Waals surface area contributed by atoms with Gasteiger partial charge in [0.15, 0.2) is 5.58 Å². The highest BCUT2D eigenvalue weighted by molar-refractivity contribution is 5.76. The number of nitrogens with zero attached hydrogens (tertiary/aromatic N) is 2. The summed E-state index contributed by atoms with van der Waals surface area (Å²) in [6.07, 6.45) is 1.03. The summed E-state index contributed by atoms with van der Waals surface area (Å²) in [7, 11) is 0. The summed E-state index contributed by atoms with van der Waals surface area (Å²) in [6.45, 7) is 4.42. The first-order chi connectivity index (χ1) is 8.72. The van der Waals surface area contributed by atoms with Crippen molar-refractivity contribution in [2.75, 3.05) is 25.4 Å². The predicted molar refractivity (Wildman–Crippen MR) is 71.1 cm³/mol. The maximum absolute atomic E-state index is 9.01. The molecule has 0 unspecified atom stereocenters. The molecule has 2 aromatic rings. The molecule has 1 heterocycles. The number of aliphatic hydroxyl groups excluding tert-OH is 1. The molecule has 0 radical (unpaired) electrons. The highest BCUT2D eigenvalue weighted by Gasteiger charge is 2.10. The molecular weight excluding hydrogens is 230 g/mol. The summed E-state index contributed by atoms with van der Waals surface area (Å²) < 4.78 is 5.66. The Morgan fingerprint density at radius 3 is 2.94 bits per heavy atom. The van der Waals surface area contributed by atoms with Gasteiger partial charge in [0.2, 0.25) is 5.89 Å². The second-order valence-corrected chi connectivity index (χ2v) is 4.33. The summed E-state index contributed by atoms with van der Waals surface area (Å²) in [5, 5.41) is 9.01. The molecule has 0 bridgehead atoms. The lowest BCUT2D eigenvalue weighted by molar-refractivity contribution is 0.179. The van der Waals surface area contributed by atoms with Crippen molar-refractivity contribution >= 4 is 16.8 Å². The lowest BCUT2D eigenvalue weighted by Crippen LogP contribution is -2.27. The van der Waals surface area contributed by atoms with Crippen molar-refractivity contribution < 1.29 is 9.52 Å². The van der Waals surface area contributed by atoms with Crippen LogP contribution >= 0.6 is 0 Å². The van der Waals surface area contributed by atoms with Crippen molar-refractivity contribution in [2.24, 2.45) is 0 Å². The van der Waals surface area contributed by atoms with Crippen LogP contribution in [0.5, 0.6) is 0 Å². The van der Waals surface area contributed by atoms with Gasteiger partial charge < -0.3 is 15.3 Å². The number of hydrogen-bond donors (Lipinski definition) is 2. The molecule has 3 N–H and O–H groups in total. The molecular formula is C13H19N3O2. The molecule has 2 rings (SSSR count). The van der Waals surface area contributed by atoms with Gasteiger partial charge in [0.1, 0.15) is 5.52 Å². The van der Waals surface area contributed by atoms with Crippen molar-refractivity contribution in [3.8, 4) is 0 Å². The molecule has 98 valence electrons. The van der Waals surface area contributed by atoms with Crippen molar-refractivity contribution in [1.82, 2.24) is 9.88 Å². The number of aromatic nitrogens is 1. The van der Waals surface area contributed by atoms with Gasteiger partial charge >= 0.3 is 0 Å². The Hall–Kier alpha value is -1.59. The van der Waals surface area contributed by atoms with Gasteiger partial charge in [0, 0.05) is 18.3 Å². The van der Waals surface area contributed by atoms with Crippen LogP contribution < -0.4 is 5.73 Å². The lowest BCUT2D eigenvalue weighted by atomic mass is 10.3. The Morgan fingerprint density at radius 2 is 2.22 bits per heavy atom. The van der Waals surface area contributed by atoms with Crippen molar-refractivity contribution in [2.45, 2.75) is 19.9 Å². The standard InChI is InChI=1S/C13H19N3O2/c1-2-5-16(6-7-17)9-13-15-11-4-3-10(14)8-12(11)18-13/h3-4,8,17H,2,5-7,9,14H2,1H3. The molecule has 0 fully saturated rings. The maximum atomic E-state index is 9.01. The third-order valence-electron chi connectivity index (χ3n) is 2.77. The molecule has 0 aliphatic carbocycles. The van der Waals surface area contributed by atoms with Gasteiger partial charge in [0.25, 0.3) is 0 Å². The third kappa shape index (κ3) is 3.00. The normalized spacial score (nSPS) is 11.5. The monoisotopic (exact) mass is 249 g/mol. The summed E-state index contributed by atoms with van der Waals surface area (Å²) in [4.78, 5) is 6.53. The zero-order valence-corrected chi connectivity index (χ0v) is 10.6. The Bertz CT molecular complexity index is 504. The molecule has 0 aliphatic heterocycles. The fraction of sp³-hybridized carbons (Fsp3) is 0.462. The molecule has 1 aromatic heterocycles. The zero-order valence-electron chi connectivity index (χ0n) is 10.6. The van der Waals surface area contributed by atoms with Crippen molar-refractivity contribution in [3.63, 3.8) is 0 Å².